The van der Waals surface area contributed by atoms with E-state index in [9.17, 15) is 40.3 Å². The topological polar surface area (TPSA) is 40.6 Å². The number of rotatable bonds is 10. The van der Waals surface area contributed by atoms with Gasteiger partial charge in [0.25, 0.3) is 11.8 Å². The second-order valence-electron chi connectivity index (χ2n) is 9.35. The van der Waals surface area contributed by atoms with Gasteiger partial charge >= 0.3 is 18.0 Å². The van der Waals surface area contributed by atoms with Crippen molar-refractivity contribution in [2.45, 2.75) is 58.1 Å². The second-order valence-corrected chi connectivity index (χ2v) is 10.6. The standard InChI is InChI=1S/C29H28BrClF8N2O2/c1-5-8-11-17(10-6-2)25(42)41(14-7-3)22-13-9-12-19(23(22)32)26(43)40(4)24-20(30)15-18(16-21(24)31)27(33,28(34,35)36)29(37,38)39/h6,9-13,15-16H,5,7-8,14H2,1-4H3. The summed E-state index contributed by atoms with van der Waals surface area (Å²) in [4.78, 5) is 28.6. The molecule has 0 bridgehead atoms. The lowest BCUT2D eigenvalue weighted by Crippen LogP contribution is -2.50. The Morgan fingerprint density at radius 3 is 2.09 bits per heavy atom. The van der Waals surface area contributed by atoms with Crippen molar-refractivity contribution in [3.05, 3.63) is 80.6 Å². The lowest BCUT2D eigenvalue weighted by atomic mass is 9.94. The summed E-state index contributed by atoms with van der Waals surface area (Å²) in [5, 5.41) is -0.854. The molecule has 0 aliphatic carbocycles. The first kappa shape index (κ1) is 36.3. The molecule has 4 nitrogen and oxygen atoms in total. The van der Waals surface area contributed by atoms with Crippen LogP contribution in [0.5, 0.6) is 0 Å². The van der Waals surface area contributed by atoms with Gasteiger partial charge in [-0.05, 0) is 60.0 Å². The summed E-state index contributed by atoms with van der Waals surface area (Å²) in [6.45, 7) is 5.48. The molecule has 2 aromatic rings. The molecule has 0 radical (unpaired) electrons. The maximum atomic E-state index is 15.9. The fourth-order valence-corrected chi connectivity index (χ4v) is 5.35. The first-order chi connectivity index (χ1) is 19.9. The number of hydrogen-bond donors (Lipinski definition) is 0. The number of carbonyl (C=O) groups excluding carboxylic acids is 2. The number of allylic oxidation sites excluding steroid dienone is 2. The van der Waals surface area contributed by atoms with E-state index in [1.54, 1.807) is 32.1 Å². The van der Waals surface area contributed by atoms with Gasteiger partial charge in [-0.15, -0.1) is 0 Å². The number of anilines is 2. The highest BCUT2D eigenvalue weighted by Gasteiger charge is 2.73. The zero-order valence-corrected chi connectivity index (χ0v) is 25.8. The third kappa shape index (κ3) is 7.42. The van der Waals surface area contributed by atoms with Crippen LogP contribution in [0, 0.1) is 5.82 Å². The summed E-state index contributed by atoms with van der Waals surface area (Å²) in [6, 6.07) is 3.99. The summed E-state index contributed by atoms with van der Waals surface area (Å²) >= 11 is 8.77. The van der Waals surface area contributed by atoms with Crippen molar-refractivity contribution >= 4 is 50.7 Å². The Hall–Kier alpha value is -2.93. The maximum Gasteiger partial charge on any atom is 0.435 e. The first-order valence-corrected chi connectivity index (χ1v) is 14.1. The SMILES string of the molecule is CC=CC(=CCCC)C(=O)N(CCC)c1cccc(C(=O)N(C)c2c(Cl)cc(C(F)(C(F)(F)F)C(F)(F)F)cc2Br)c1F. The lowest BCUT2D eigenvalue weighted by molar-refractivity contribution is -0.348. The predicted octanol–water partition coefficient (Wildman–Crippen LogP) is 9.85. The van der Waals surface area contributed by atoms with Crippen LogP contribution in [0.2, 0.25) is 5.02 Å². The Kier molecular flexibility index (Phi) is 12.0. The molecule has 2 rings (SSSR count). The van der Waals surface area contributed by atoms with E-state index in [1.807, 2.05) is 6.92 Å². The van der Waals surface area contributed by atoms with E-state index in [-0.39, 0.29) is 24.4 Å². The van der Waals surface area contributed by atoms with E-state index in [4.69, 9.17) is 11.6 Å². The normalized spacial score (nSPS) is 13.0. The van der Waals surface area contributed by atoms with Gasteiger partial charge < -0.3 is 9.80 Å². The van der Waals surface area contributed by atoms with Crippen molar-refractivity contribution in [3.8, 4) is 0 Å². The molecule has 0 saturated heterocycles. The highest BCUT2D eigenvalue weighted by Crippen LogP contribution is 2.54. The monoisotopic (exact) mass is 702 g/mol. The van der Waals surface area contributed by atoms with Crippen molar-refractivity contribution in [1.82, 2.24) is 0 Å². The fourth-order valence-electron chi connectivity index (χ4n) is 4.17. The van der Waals surface area contributed by atoms with Crippen LogP contribution in [-0.2, 0) is 10.5 Å². The zero-order chi connectivity index (χ0) is 32.9. The molecular weight excluding hydrogens is 676 g/mol. The molecule has 0 aromatic heterocycles. The number of alkyl halides is 7. The number of benzene rings is 2. The minimum atomic E-state index is -6.39. The quantitative estimate of drug-likeness (QED) is 0.141. The molecule has 2 amide bonds. The fraction of sp³-hybridized carbons (Fsp3) is 0.379. The van der Waals surface area contributed by atoms with Crippen LogP contribution in [0.4, 0.5) is 46.5 Å². The molecule has 43 heavy (non-hydrogen) atoms. The minimum absolute atomic E-state index is 0.0898. The van der Waals surface area contributed by atoms with Crippen molar-refractivity contribution in [2.75, 3.05) is 23.4 Å². The summed E-state index contributed by atoms with van der Waals surface area (Å²) in [7, 11) is 1.04. The molecule has 0 aliphatic heterocycles. The molecule has 0 N–H and O–H groups in total. The highest BCUT2D eigenvalue weighted by atomic mass is 79.9. The molecule has 236 valence electrons. The molecular formula is C29H28BrClF8N2O2. The predicted molar refractivity (Wildman–Crippen MR) is 154 cm³/mol. The summed E-state index contributed by atoms with van der Waals surface area (Å²) in [5.74, 6) is -2.72. The molecule has 0 unspecified atom stereocenters. The van der Waals surface area contributed by atoms with Crippen molar-refractivity contribution in [2.24, 2.45) is 0 Å². The van der Waals surface area contributed by atoms with Gasteiger partial charge in [-0.3, -0.25) is 9.59 Å². The summed E-state index contributed by atoms with van der Waals surface area (Å²) in [5.41, 5.74) is -8.58. The number of nitrogens with zero attached hydrogens (tertiary/aromatic N) is 2. The number of halogens is 10. The molecule has 0 heterocycles. The maximum absolute atomic E-state index is 15.9. The smallest absolute Gasteiger partial charge is 0.309 e. The van der Waals surface area contributed by atoms with Crippen LogP contribution in [0.15, 0.2) is 58.6 Å². The second kappa shape index (κ2) is 14.2. The van der Waals surface area contributed by atoms with E-state index in [1.165, 1.54) is 17.0 Å². The molecule has 0 saturated carbocycles. The van der Waals surface area contributed by atoms with E-state index in [0.29, 0.717) is 23.3 Å². The molecule has 0 spiro atoms. The average Bonchev–Trinajstić information content (AvgIpc) is 2.91. The van der Waals surface area contributed by atoms with Gasteiger partial charge in [0.15, 0.2) is 5.82 Å². The van der Waals surface area contributed by atoms with Gasteiger partial charge in [0.1, 0.15) is 0 Å². The van der Waals surface area contributed by atoms with Gasteiger partial charge in [0.05, 0.1) is 22.0 Å². The van der Waals surface area contributed by atoms with Gasteiger partial charge in [0.2, 0.25) is 0 Å². The van der Waals surface area contributed by atoms with Crippen molar-refractivity contribution in [1.29, 1.82) is 0 Å². The summed E-state index contributed by atoms with van der Waals surface area (Å²) in [6.07, 6.45) is -6.07. The van der Waals surface area contributed by atoms with Crippen LogP contribution in [-0.4, -0.2) is 37.8 Å². The first-order valence-electron chi connectivity index (χ1n) is 12.9. The summed E-state index contributed by atoms with van der Waals surface area (Å²) < 4.78 is 110. The number of hydrogen-bond acceptors (Lipinski definition) is 2. The highest BCUT2D eigenvalue weighted by molar-refractivity contribution is 9.10. The van der Waals surface area contributed by atoms with E-state index >= 15 is 4.39 Å². The van der Waals surface area contributed by atoms with E-state index in [2.05, 4.69) is 15.9 Å². The zero-order valence-electron chi connectivity index (χ0n) is 23.4. The van der Waals surface area contributed by atoms with E-state index < -0.39 is 62.0 Å². The van der Waals surface area contributed by atoms with Crippen LogP contribution < -0.4 is 9.80 Å². The van der Waals surface area contributed by atoms with Crippen LogP contribution in [0.1, 0.15) is 56.0 Å². The Labute approximate surface area is 257 Å². The van der Waals surface area contributed by atoms with Gasteiger partial charge in [-0.25, -0.2) is 8.78 Å². The minimum Gasteiger partial charge on any atom is -0.309 e. The van der Waals surface area contributed by atoms with Gasteiger partial charge in [-0.1, -0.05) is 56.2 Å². The van der Waals surface area contributed by atoms with Crippen LogP contribution in [0.25, 0.3) is 0 Å². The van der Waals surface area contributed by atoms with Crippen LogP contribution >= 0.6 is 27.5 Å². The number of carbonyl (C=O) groups is 2. The van der Waals surface area contributed by atoms with Gasteiger partial charge in [0, 0.05) is 29.2 Å². The molecule has 0 aliphatic rings. The number of unbranched alkanes of at least 4 members (excludes halogenated alkanes) is 1. The van der Waals surface area contributed by atoms with Crippen LogP contribution in [0.3, 0.4) is 0 Å². The third-order valence-corrected chi connectivity index (χ3v) is 7.17. The Morgan fingerprint density at radius 1 is 1.00 bits per heavy atom. The Balaban J connectivity index is 2.61. The van der Waals surface area contributed by atoms with Crippen molar-refractivity contribution < 1.29 is 44.7 Å². The Bertz CT molecular complexity index is 1370. The third-order valence-electron chi connectivity index (χ3n) is 6.27. The Morgan fingerprint density at radius 2 is 1.60 bits per heavy atom. The molecule has 0 fully saturated rings. The van der Waals surface area contributed by atoms with Crippen molar-refractivity contribution in [3.63, 3.8) is 0 Å². The lowest BCUT2D eigenvalue weighted by Gasteiger charge is -2.31. The van der Waals surface area contributed by atoms with Gasteiger partial charge in [-0.2, -0.15) is 26.3 Å². The largest absolute Gasteiger partial charge is 0.435 e. The molecule has 2 aromatic carbocycles. The molecule has 0 atom stereocenters. The van der Waals surface area contributed by atoms with E-state index in [0.717, 1.165) is 19.5 Å². The number of amides is 2. The average molecular weight is 704 g/mol. The molecule has 14 heteroatoms.